The summed E-state index contributed by atoms with van der Waals surface area (Å²) in [5.41, 5.74) is -0.689. The van der Waals surface area contributed by atoms with E-state index in [9.17, 15) is 9.59 Å². The minimum Gasteiger partial charge on any atom is -0.491 e. The Labute approximate surface area is 148 Å². The zero-order valence-corrected chi connectivity index (χ0v) is 14.7. The average molecular weight is 346 g/mol. The molecule has 0 radical (unpaired) electrons. The molecule has 0 aromatic heterocycles. The zero-order valence-electron chi connectivity index (χ0n) is 14.7. The van der Waals surface area contributed by atoms with Gasteiger partial charge in [0.1, 0.15) is 17.9 Å². The Bertz CT molecular complexity index is 607. The first-order chi connectivity index (χ1) is 12.1. The van der Waals surface area contributed by atoms with Crippen LogP contribution < -0.4 is 10.1 Å². The van der Waals surface area contributed by atoms with Gasteiger partial charge in [-0.25, -0.2) is 4.79 Å². The van der Waals surface area contributed by atoms with Crippen molar-refractivity contribution in [3.05, 3.63) is 30.3 Å². The van der Waals surface area contributed by atoms with Crippen LogP contribution in [0.2, 0.25) is 0 Å². The first-order valence-corrected chi connectivity index (χ1v) is 9.03. The Morgan fingerprint density at radius 3 is 2.72 bits per heavy atom. The van der Waals surface area contributed by atoms with Gasteiger partial charge in [-0.2, -0.15) is 0 Å². The molecule has 1 aliphatic carbocycles. The van der Waals surface area contributed by atoms with Crippen molar-refractivity contribution in [2.24, 2.45) is 5.92 Å². The van der Waals surface area contributed by atoms with Crippen LogP contribution in [0.5, 0.6) is 5.75 Å². The lowest BCUT2D eigenvalue weighted by atomic mass is 9.73. The molecule has 2 aliphatic rings. The van der Waals surface area contributed by atoms with Crippen molar-refractivity contribution < 1.29 is 19.1 Å². The number of nitrogens with zero attached hydrogens (tertiary/aromatic N) is 1. The lowest BCUT2D eigenvalue weighted by Crippen LogP contribution is -2.54. The largest absolute Gasteiger partial charge is 0.491 e. The molecule has 1 aliphatic heterocycles. The highest BCUT2D eigenvalue weighted by Gasteiger charge is 2.54. The molecule has 2 atom stereocenters. The highest BCUT2D eigenvalue weighted by atomic mass is 16.5. The van der Waals surface area contributed by atoms with E-state index >= 15 is 0 Å². The van der Waals surface area contributed by atoms with Crippen LogP contribution in [0, 0.1) is 5.92 Å². The maximum Gasteiger partial charge on any atom is 0.325 e. The van der Waals surface area contributed by atoms with Crippen molar-refractivity contribution in [3.63, 3.8) is 0 Å². The summed E-state index contributed by atoms with van der Waals surface area (Å²) < 4.78 is 11.1. The van der Waals surface area contributed by atoms with Gasteiger partial charge in [0, 0.05) is 0 Å². The highest BCUT2D eigenvalue weighted by Crippen LogP contribution is 2.38. The van der Waals surface area contributed by atoms with E-state index in [1.54, 1.807) is 0 Å². The number of amides is 3. The molecular weight excluding hydrogens is 320 g/mol. The number of nitrogens with one attached hydrogen (secondary N) is 1. The quantitative estimate of drug-likeness (QED) is 0.609. The van der Waals surface area contributed by atoms with Gasteiger partial charge in [-0.1, -0.05) is 38.0 Å². The van der Waals surface area contributed by atoms with E-state index in [1.165, 1.54) is 4.90 Å². The second-order valence-electron chi connectivity index (χ2n) is 6.78. The van der Waals surface area contributed by atoms with Crippen LogP contribution in [-0.2, 0) is 9.53 Å². The van der Waals surface area contributed by atoms with E-state index in [2.05, 4.69) is 12.2 Å². The fourth-order valence-corrected chi connectivity index (χ4v) is 3.69. The number of benzene rings is 1. The highest BCUT2D eigenvalue weighted by molar-refractivity contribution is 6.07. The molecule has 1 aromatic rings. The van der Waals surface area contributed by atoms with Crippen LogP contribution in [0.3, 0.4) is 0 Å². The lowest BCUT2D eigenvalue weighted by molar-refractivity contribution is -0.134. The second-order valence-corrected chi connectivity index (χ2v) is 6.78. The molecule has 25 heavy (non-hydrogen) atoms. The first kappa shape index (κ1) is 17.7. The molecule has 1 saturated carbocycles. The monoisotopic (exact) mass is 346 g/mol. The van der Waals surface area contributed by atoms with Gasteiger partial charge in [0.05, 0.1) is 19.8 Å². The number of para-hydroxylation sites is 1. The van der Waals surface area contributed by atoms with Crippen molar-refractivity contribution >= 4 is 11.9 Å². The average Bonchev–Trinajstić information content (AvgIpc) is 2.86. The third-order valence-corrected chi connectivity index (χ3v) is 5.20. The fraction of sp³-hybridized carbons (Fsp3) is 0.579. The molecule has 0 unspecified atom stereocenters. The lowest BCUT2D eigenvalue weighted by Gasteiger charge is -2.36. The molecule has 1 heterocycles. The maximum absolute atomic E-state index is 12.8. The second kappa shape index (κ2) is 7.87. The van der Waals surface area contributed by atoms with Gasteiger partial charge in [-0.05, 0) is 30.9 Å². The Hall–Kier alpha value is -2.08. The molecule has 0 bridgehead atoms. The summed E-state index contributed by atoms with van der Waals surface area (Å²) in [6.07, 6.45) is 3.82. The number of imide groups is 1. The van der Waals surface area contributed by atoms with Gasteiger partial charge in [0.2, 0.25) is 0 Å². The zero-order chi connectivity index (χ0) is 17.7. The minimum atomic E-state index is -0.689. The van der Waals surface area contributed by atoms with Gasteiger partial charge in [-0.15, -0.1) is 0 Å². The molecule has 6 heteroatoms. The van der Waals surface area contributed by atoms with Crippen molar-refractivity contribution in [2.45, 2.75) is 38.1 Å². The maximum atomic E-state index is 12.8. The molecule has 1 saturated heterocycles. The normalized spacial score (nSPS) is 26.1. The number of carbonyl (C=O) groups excluding carboxylic acids is 2. The van der Waals surface area contributed by atoms with Gasteiger partial charge in [-0.3, -0.25) is 9.69 Å². The smallest absolute Gasteiger partial charge is 0.325 e. The summed E-state index contributed by atoms with van der Waals surface area (Å²) in [6, 6.07) is 9.24. The first-order valence-electron chi connectivity index (χ1n) is 9.03. The molecule has 1 aromatic carbocycles. The van der Waals surface area contributed by atoms with Crippen LogP contribution in [0.25, 0.3) is 0 Å². The molecule has 3 amide bonds. The number of urea groups is 1. The Morgan fingerprint density at radius 1 is 1.16 bits per heavy atom. The summed E-state index contributed by atoms with van der Waals surface area (Å²) >= 11 is 0. The summed E-state index contributed by atoms with van der Waals surface area (Å²) in [7, 11) is 0. The van der Waals surface area contributed by atoms with Gasteiger partial charge in [0.25, 0.3) is 5.91 Å². The van der Waals surface area contributed by atoms with Crippen LogP contribution in [-0.4, -0.2) is 48.7 Å². The number of carbonyl (C=O) groups is 2. The van der Waals surface area contributed by atoms with Crippen molar-refractivity contribution in [3.8, 4) is 5.75 Å². The standard InChI is InChI=1S/C19H26N2O4/c1-15-7-5-6-10-19(15)17(22)21(18(23)20-19)11-12-24-13-14-25-16-8-3-2-4-9-16/h2-4,8-9,15H,5-7,10-14H2,1H3,(H,20,23)/t15-,19-/m1/s1. The van der Waals surface area contributed by atoms with E-state index in [4.69, 9.17) is 9.47 Å². The Balaban J connectivity index is 1.41. The van der Waals surface area contributed by atoms with Gasteiger partial charge >= 0.3 is 6.03 Å². The van der Waals surface area contributed by atoms with Crippen LogP contribution >= 0.6 is 0 Å². The molecule has 3 rings (SSSR count). The predicted octanol–water partition coefficient (Wildman–Crippen LogP) is 2.58. The number of hydrogen-bond donors (Lipinski definition) is 1. The Kier molecular flexibility index (Phi) is 5.58. The van der Waals surface area contributed by atoms with E-state index in [0.717, 1.165) is 31.4 Å². The molecule has 6 nitrogen and oxygen atoms in total. The van der Waals surface area contributed by atoms with Gasteiger partial charge in [0.15, 0.2) is 0 Å². The van der Waals surface area contributed by atoms with Crippen molar-refractivity contribution in [2.75, 3.05) is 26.4 Å². The summed E-state index contributed by atoms with van der Waals surface area (Å²) in [5.74, 6) is 0.894. The number of ether oxygens (including phenoxy) is 2. The minimum absolute atomic E-state index is 0.0890. The molecule has 136 valence electrons. The number of hydrogen-bond acceptors (Lipinski definition) is 4. The van der Waals surface area contributed by atoms with E-state index < -0.39 is 5.54 Å². The summed E-state index contributed by atoms with van der Waals surface area (Å²) in [4.78, 5) is 26.3. The third kappa shape index (κ3) is 3.79. The van der Waals surface area contributed by atoms with Crippen molar-refractivity contribution in [1.82, 2.24) is 10.2 Å². The topological polar surface area (TPSA) is 67.9 Å². The van der Waals surface area contributed by atoms with E-state index in [1.807, 2.05) is 30.3 Å². The summed E-state index contributed by atoms with van der Waals surface area (Å²) in [5, 5.41) is 2.95. The number of rotatable bonds is 7. The van der Waals surface area contributed by atoms with Crippen LogP contribution in [0.4, 0.5) is 4.79 Å². The molecule has 1 N–H and O–H groups in total. The van der Waals surface area contributed by atoms with Crippen LogP contribution in [0.15, 0.2) is 30.3 Å². The van der Waals surface area contributed by atoms with Gasteiger partial charge < -0.3 is 14.8 Å². The fourth-order valence-electron chi connectivity index (χ4n) is 3.69. The van der Waals surface area contributed by atoms with Crippen LogP contribution in [0.1, 0.15) is 32.6 Å². The third-order valence-electron chi connectivity index (χ3n) is 5.20. The molecule has 2 fully saturated rings. The Morgan fingerprint density at radius 2 is 1.96 bits per heavy atom. The summed E-state index contributed by atoms with van der Waals surface area (Å²) in [6.45, 7) is 3.51. The van der Waals surface area contributed by atoms with Crippen molar-refractivity contribution in [1.29, 1.82) is 0 Å². The van der Waals surface area contributed by atoms with E-state index in [-0.39, 0.29) is 24.4 Å². The SMILES string of the molecule is C[C@@H]1CCCC[C@@]12NC(=O)N(CCOCCOc1ccccc1)C2=O. The predicted molar refractivity (Wildman–Crippen MR) is 93.4 cm³/mol. The van der Waals surface area contributed by atoms with E-state index in [0.29, 0.717) is 19.8 Å². The molecular formula is C19H26N2O4. The molecule has 1 spiro atoms.